The summed E-state index contributed by atoms with van der Waals surface area (Å²) in [6.07, 6.45) is 1.74. The van der Waals surface area contributed by atoms with E-state index in [4.69, 9.17) is 0 Å². The van der Waals surface area contributed by atoms with Crippen LogP contribution < -0.4 is 0 Å². The Morgan fingerprint density at radius 3 is 2.26 bits per heavy atom. The second-order valence-corrected chi connectivity index (χ2v) is 4.35. The summed E-state index contributed by atoms with van der Waals surface area (Å²) in [7, 11) is 1.33. The lowest BCUT2D eigenvalue weighted by molar-refractivity contribution is -0.141. The van der Waals surface area contributed by atoms with Gasteiger partial charge in [-0.3, -0.25) is 9.59 Å². The highest BCUT2D eigenvalue weighted by Crippen LogP contribution is 2.09. The summed E-state index contributed by atoms with van der Waals surface area (Å²) in [5.74, 6) is -0.526. The molecule has 0 saturated heterocycles. The zero-order chi connectivity index (χ0) is 14.3. The average Bonchev–Trinajstić information content (AvgIpc) is 2.46. The van der Waals surface area contributed by atoms with Crippen molar-refractivity contribution in [2.24, 2.45) is 0 Å². The quantitative estimate of drug-likeness (QED) is 0.740. The summed E-state index contributed by atoms with van der Waals surface area (Å²) in [6, 6.07) is 7.49. The number of esters is 1. The van der Waals surface area contributed by atoms with Crippen molar-refractivity contribution in [3.05, 3.63) is 35.4 Å². The Hall–Kier alpha value is -1.84. The second kappa shape index (κ2) is 7.56. The molecule has 1 amide bonds. The smallest absolute Gasteiger partial charge is 0.325 e. The number of amides is 1. The average molecular weight is 263 g/mol. The fourth-order valence-corrected chi connectivity index (χ4v) is 1.81. The summed E-state index contributed by atoms with van der Waals surface area (Å²) in [5.41, 5.74) is 1.79. The molecule has 104 valence electrons. The van der Waals surface area contributed by atoms with E-state index in [1.165, 1.54) is 17.6 Å². The van der Waals surface area contributed by atoms with Crippen molar-refractivity contribution in [3.8, 4) is 0 Å². The molecule has 0 bridgehead atoms. The Morgan fingerprint density at radius 2 is 1.79 bits per heavy atom. The lowest BCUT2D eigenvalue weighted by Gasteiger charge is -2.20. The first-order chi connectivity index (χ1) is 9.12. The molecule has 0 aliphatic carbocycles. The molecule has 0 radical (unpaired) electrons. The molecule has 0 aromatic heterocycles. The van der Waals surface area contributed by atoms with Crippen molar-refractivity contribution in [1.29, 1.82) is 0 Å². The number of hydrogen-bond acceptors (Lipinski definition) is 3. The Bertz CT molecular complexity index is 426. The van der Waals surface area contributed by atoms with Gasteiger partial charge in [0.25, 0.3) is 5.91 Å². The third-order valence-corrected chi connectivity index (χ3v) is 2.94. The first-order valence-electron chi connectivity index (χ1n) is 6.57. The van der Waals surface area contributed by atoms with Gasteiger partial charge in [-0.05, 0) is 30.5 Å². The number of methoxy groups -OCH3 is 1. The van der Waals surface area contributed by atoms with Gasteiger partial charge in [0.2, 0.25) is 0 Å². The maximum absolute atomic E-state index is 12.3. The van der Waals surface area contributed by atoms with Gasteiger partial charge < -0.3 is 9.64 Å². The molecule has 0 unspecified atom stereocenters. The van der Waals surface area contributed by atoms with Gasteiger partial charge in [0.05, 0.1) is 7.11 Å². The summed E-state index contributed by atoms with van der Waals surface area (Å²) in [4.78, 5) is 25.1. The summed E-state index contributed by atoms with van der Waals surface area (Å²) in [6.45, 7) is 4.58. The van der Waals surface area contributed by atoms with Crippen molar-refractivity contribution < 1.29 is 14.3 Å². The predicted octanol–water partition coefficient (Wildman–Crippen LogP) is 2.27. The fourth-order valence-electron chi connectivity index (χ4n) is 1.81. The van der Waals surface area contributed by atoms with Gasteiger partial charge in [0.15, 0.2) is 0 Å². The van der Waals surface area contributed by atoms with Crippen molar-refractivity contribution in [2.45, 2.75) is 26.7 Å². The van der Waals surface area contributed by atoms with Crippen LogP contribution in [0.3, 0.4) is 0 Å². The number of rotatable bonds is 6. The highest BCUT2D eigenvalue weighted by atomic mass is 16.5. The molecule has 0 fully saturated rings. The Labute approximate surface area is 114 Å². The number of ether oxygens (including phenoxy) is 1. The molecule has 4 heteroatoms. The molecule has 4 nitrogen and oxygen atoms in total. The number of carbonyl (C=O) groups is 2. The van der Waals surface area contributed by atoms with E-state index in [1.807, 2.05) is 19.1 Å². The van der Waals surface area contributed by atoms with Crippen molar-refractivity contribution in [3.63, 3.8) is 0 Å². The number of nitrogens with zero attached hydrogens (tertiary/aromatic N) is 1. The van der Waals surface area contributed by atoms with Gasteiger partial charge in [-0.25, -0.2) is 0 Å². The van der Waals surface area contributed by atoms with Crippen LogP contribution in [0.15, 0.2) is 24.3 Å². The number of hydrogen-bond donors (Lipinski definition) is 0. The van der Waals surface area contributed by atoms with Crippen LogP contribution in [-0.2, 0) is 16.0 Å². The normalized spacial score (nSPS) is 10.1. The molecule has 0 heterocycles. The minimum Gasteiger partial charge on any atom is -0.468 e. The number of benzene rings is 1. The number of carbonyl (C=O) groups excluding carboxylic acids is 2. The SMILES string of the molecule is CCCN(CC(=O)OC)C(=O)c1ccc(CC)cc1. The topological polar surface area (TPSA) is 46.6 Å². The van der Waals surface area contributed by atoms with Gasteiger partial charge in [-0.2, -0.15) is 0 Å². The number of aryl methyl sites for hydroxylation is 1. The van der Waals surface area contributed by atoms with Crippen LogP contribution in [-0.4, -0.2) is 37.0 Å². The highest BCUT2D eigenvalue weighted by Gasteiger charge is 2.18. The molecule has 0 atom stereocenters. The molecule has 0 N–H and O–H groups in total. The van der Waals surface area contributed by atoms with Crippen LogP contribution in [0.5, 0.6) is 0 Å². The third kappa shape index (κ3) is 4.39. The zero-order valence-electron chi connectivity index (χ0n) is 11.8. The van der Waals surface area contributed by atoms with E-state index >= 15 is 0 Å². The van der Waals surface area contributed by atoms with Crippen LogP contribution in [0.2, 0.25) is 0 Å². The van der Waals surface area contributed by atoms with E-state index in [2.05, 4.69) is 11.7 Å². The first-order valence-corrected chi connectivity index (χ1v) is 6.57. The fraction of sp³-hybridized carbons (Fsp3) is 0.467. The van der Waals surface area contributed by atoms with Crippen molar-refractivity contribution >= 4 is 11.9 Å². The predicted molar refractivity (Wildman–Crippen MR) is 74.0 cm³/mol. The molecular formula is C15H21NO3. The molecule has 19 heavy (non-hydrogen) atoms. The molecule has 1 aromatic rings. The van der Waals surface area contributed by atoms with Gasteiger partial charge in [0.1, 0.15) is 6.54 Å². The first kappa shape index (κ1) is 15.2. The minimum atomic E-state index is -0.396. The molecule has 1 aromatic carbocycles. The van der Waals surface area contributed by atoms with Crippen LogP contribution in [0.1, 0.15) is 36.2 Å². The van der Waals surface area contributed by atoms with E-state index in [1.54, 1.807) is 12.1 Å². The largest absolute Gasteiger partial charge is 0.468 e. The summed E-state index contributed by atoms with van der Waals surface area (Å²) >= 11 is 0. The van der Waals surface area contributed by atoms with Gasteiger partial charge in [0, 0.05) is 12.1 Å². The van der Waals surface area contributed by atoms with Crippen molar-refractivity contribution in [1.82, 2.24) is 4.90 Å². The highest BCUT2D eigenvalue weighted by molar-refractivity contribution is 5.96. The summed E-state index contributed by atoms with van der Waals surface area (Å²) < 4.78 is 4.62. The lowest BCUT2D eigenvalue weighted by atomic mass is 10.1. The molecule has 0 aliphatic heterocycles. The lowest BCUT2D eigenvalue weighted by Crippen LogP contribution is -2.36. The maximum atomic E-state index is 12.3. The van der Waals surface area contributed by atoms with Gasteiger partial charge >= 0.3 is 5.97 Å². The monoisotopic (exact) mass is 263 g/mol. The standard InChI is InChI=1S/C15H21NO3/c1-4-10-16(11-14(17)19-3)15(18)13-8-6-12(5-2)7-9-13/h6-9H,4-5,10-11H2,1-3H3. The molecular weight excluding hydrogens is 242 g/mol. The molecule has 0 aliphatic rings. The molecule has 0 spiro atoms. The van der Waals surface area contributed by atoms with E-state index in [0.717, 1.165) is 12.8 Å². The van der Waals surface area contributed by atoms with Gasteiger partial charge in [-0.1, -0.05) is 26.0 Å². The second-order valence-electron chi connectivity index (χ2n) is 4.35. The molecule has 0 saturated carbocycles. The van der Waals surface area contributed by atoms with E-state index in [0.29, 0.717) is 12.1 Å². The third-order valence-electron chi connectivity index (χ3n) is 2.94. The Balaban J connectivity index is 2.82. The molecule has 1 rings (SSSR count). The van der Waals surface area contributed by atoms with E-state index in [9.17, 15) is 9.59 Å². The summed E-state index contributed by atoms with van der Waals surface area (Å²) in [5, 5.41) is 0. The zero-order valence-corrected chi connectivity index (χ0v) is 11.8. The van der Waals surface area contributed by atoms with Crippen LogP contribution >= 0.6 is 0 Å². The van der Waals surface area contributed by atoms with Gasteiger partial charge in [-0.15, -0.1) is 0 Å². The van der Waals surface area contributed by atoms with E-state index in [-0.39, 0.29) is 12.5 Å². The van der Waals surface area contributed by atoms with Crippen LogP contribution in [0.25, 0.3) is 0 Å². The van der Waals surface area contributed by atoms with E-state index < -0.39 is 5.97 Å². The minimum absolute atomic E-state index is 0.00129. The Kier molecular flexibility index (Phi) is 6.06. The van der Waals surface area contributed by atoms with Crippen molar-refractivity contribution in [2.75, 3.05) is 20.2 Å². The maximum Gasteiger partial charge on any atom is 0.325 e. The van der Waals surface area contributed by atoms with Crippen LogP contribution in [0, 0.1) is 0 Å². The van der Waals surface area contributed by atoms with Crippen LogP contribution in [0.4, 0.5) is 0 Å². The Morgan fingerprint density at radius 1 is 1.16 bits per heavy atom.